The third-order valence-electron chi connectivity index (χ3n) is 25.9. The Hall–Kier alpha value is -13.9. The molecule has 4 N–H and O–H groups in total. The van der Waals surface area contributed by atoms with Crippen LogP contribution in [0, 0.1) is 0 Å². The Morgan fingerprint density at radius 2 is 0.520 bits per heavy atom. The minimum Gasteiger partial charge on any atom is -0.349 e. The number of aromatic nitrogens is 4. The molecule has 8 unspecified atom stereocenters. The number of hydrogen-bond acceptors (Lipinski definition) is 16. The molecule has 0 spiro atoms. The second-order valence-electron chi connectivity index (χ2n) is 47.1. The molecule has 4 aliphatic heterocycles. The van der Waals surface area contributed by atoms with Gasteiger partial charge in [0.25, 0.3) is 23.6 Å². The SMILES string of the molecule is C/C=C(\C)C(=O)N1CCCC1C(=O)N(c1ccc(C(C)(C)C)cc1)C(C(=O)NC(C)(C)C)c1cccnc1.C=C(C)C(=O)N1CCCC1C(=O)N(c1ccc(C(C)(C)C)cc1)C(C(=O)NC(C)(C)C)c1cccnc1.C=C(C)C(=O)N1CCCC1C(=O)N(c1ccc(C(C)(C)C)cc1)C(C(=O)NC(C)(C)C)c1cccnc1.C=CC(=O)N1CCCC1C(=O)N(c1ccc(C(C)(C)C)cc1)C(C(=O)NC(C)(C)C)c1cccnc1. The summed E-state index contributed by atoms with van der Waals surface area (Å²) in [4.78, 5) is 194. The first-order valence-corrected chi connectivity index (χ1v) is 51.4. The molecule has 792 valence electrons. The first-order chi connectivity index (χ1) is 69.0. The number of amides is 12. The molecule has 0 aliphatic carbocycles. The lowest BCUT2D eigenvalue weighted by atomic mass is 9.87. The standard InChI is InChI=1S/C31H42N4O3.2C30H40N4O3.C29H38N4O3/c1-9-21(2)28(37)34-19-11-13-25(34)29(38)35(24-16-14-23(15-17-24)30(3,4)5)26(22-12-10-18-32-20-22)27(36)33-31(6,7)8;2*1-20(2)27(36)33-18-10-12-24(33)28(37)34(23-15-13-22(14-16-23)29(3,4)5)25(21-11-9-17-31-19-21)26(35)32-30(6,7)8;1-8-24(34)32-18-10-12-23(32)27(36)33(22-15-13-21(14-16-22)28(2,3)4)25(20-11-9-17-30-19-20)26(35)31-29(5,6)7/h9-10,12,14-18,20,25-26H,11,13,19H2,1-8H3,(H,33,36);2*9,11,13-17,19,24-25H,1,10,12,18H2,2-8H3,(H,32,35);8-9,11,13-17,19,23,25H,1,10,12,18H2,2-7H3,(H,31,35)/b21-9+;;;. The quantitative estimate of drug-likeness (QED) is 0.0408. The van der Waals surface area contributed by atoms with E-state index in [4.69, 9.17) is 0 Å². The first-order valence-electron chi connectivity index (χ1n) is 51.4. The number of benzene rings is 4. The van der Waals surface area contributed by atoms with Gasteiger partial charge in [-0.2, -0.15) is 0 Å². The van der Waals surface area contributed by atoms with Crippen molar-refractivity contribution in [3.05, 3.63) is 288 Å². The highest BCUT2D eigenvalue weighted by molar-refractivity contribution is 6.10. The van der Waals surface area contributed by atoms with Crippen molar-refractivity contribution >= 4 is 93.6 Å². The highest BCUT2D eigenvalue weighted by Gasteiger charge is 2.49. The number of nitrogens with zero attached hydrogens (tertiary/aromatic N) is 12. The van der Waals surface area contributed by atoms with E-state index in [9.17, 15) is 57.5 Å². The Labute approximate surface area is 878 Å². The Morgan fingerprint density at radius 1 is 0.318 bits per heavy atom. The summed E-state index contributed by atoms with van der Waals surface area (Å²) in [5.41, 5.74) is 8.21. The van der Waals surface area contributed by atoms with Gasteiger partial charge >= 0.3 is 0 Å². The molecule has 0 bridgehead atoms. The van der Waals surface area contributed by atoms with E-state index in [1.54, 1.807) is 153 Å². The van der Waals surface area contributed by atoms with Crippen molar-refractivity contribution in [3.63, 3.8) is 0 Å². The van der Waals surface area contributed by atoms with Gasteiger partial charge in [0.15, 0.2) is 0 Å². The van der Waals surface area contributed by atoms with Crippen molar-refractivity contribution in [1.82, 2.24) is 60.8 Å². The number of likely N-dealkylation sites (tertiary alicyclic amines) is 4. The summed E-state index contributed by atoms with van der Waals surface area (Å²) in [5, 5.41) is 12.2. The molecular weight excluding hydrogens is 1860 g/mol. The maximum Gasteiger partial charge on any atom is 0.250 e. The summed E-state index contributed by atoms with van der Waals surface area (Å²) in [5.74, 6) is -3.34. The highest BCUT2D eigenvalue weighted by Crippen LogP contribution is 2.42. The van der Waals surface area contributed by atoms with Crippen molar-refractivity contribution in [1.29, 1.82) is 0 Å². The Balaban J connectivity index is 0.000000219. The molecule has 4 saturated heterocycles. The monoisotopic (exact) mass is 2020 g/mol. The van der Waals surface area contributed by atoms with Gasteiger partial charge < -0.3 is 40.9 Å². The molecule has 8 aromatic rings. The number of carbonyl (C=O) groups excluding carboxylic acids is 12. The van der Waals surface area contributed by atoms with Crippen LogP contribution >= 0.6 is 0 Å². The number of anilines is 4. The molecule has 28 nitrogen and oxygen atoms in total. The molecule has 0 radical (unpaired) electrons. The fraction of sp³-hybridized carbons (Fsp3) is 0.467. The van der Waals surface area contributed by atoms with Gasteiger partial charge in [0.05, 0.1) is 0 Å². The number of nitrogens with one attached hydrogen (secondary N) is 4. The molecule has 4 fully saturated rings. The highest BCUT2D eigenvalue weighted by atomic mass is 16.2. The number of hydrogen-bond donors (Lipinski definition) is 4. The maximum atomic E-state index is 14.5. The van der Waals surface area contributed by atoms with E-state index in [2.05, 4.69) is 144 Å². The molecule has 4 aromatic heterocycles. The summed E-state index contributed by atoms with van der Waals surface area (Å²) >= 11 is 0. The van der Waals surface area contributed by atoms with Crippen LogP contribution in [0.25, 0.3) is 0 Å². The minimum absolute atomic E-state index is 0.0710. The van der Waals surface area contributed by atoms with Crippen LogP contribution in [-0.4, -0.2) is 183 Å². The van der Waals surface area contributed by atoms with Gasteiger partial charge in [0, 0.05) is 160 Å². The summed E-state index contributed by atoms with van der Waals surface area (Å²) < 4.78 is 0. The number of allylic oxidation sites excluding steroid dienone is 1. The van der Waals surface area contributed by atoms with Gasteiger partial charge in [0.2, 0.25) is 47.3 Å². The van der Waals surface area contributed by atoms with Crippen LogP contribution in [0.4, 0.5) is 22.7 Å². The third kappa shape index (κ3) is 31.1. The predicted molar refractivity (Wildman–Crippen MR) is 588 cm³/mol. The second kappa shape index (κ2) is 49.3. The van der Waals surface area contributed by atoms with Crippen LogP contribution in [0.2, 0.25) is 0 Å². The Bertz CT molecular complexity index is 5850. The van der Waals surface area contributed by atoms with E-state index in [-0.39, 0.29) is 92.5 Å². The number of carbonyl (C=O) groups is 12. The molecule has 4 aliphatic rings. The van der Waals surface area contributed by atoms with E-state index >= 15 is 0 Å². The summed E-state index contributed by atoms with van der Waals surface area (Å²) in [6, 6.07) is 38.6. The van der Waals surface area contributed by atoms with Gasteiger partial charge in [-0.1, -0.05) is 182 Å². The number of pyridine rings is 4. The van der Waals surface area contributed by atoms with Crippen LogP contribution in [0.5, 0.6) is 0 Å². The number of rotatable bonds is 24. The molecule has 28 heteroatoms. The van der Waals surface area contributed by atoms with Crippen molar-refractivity contribution in [3.8, 4) is 0 Å². The average molecular weight is 2020 g/mol. The van der Waals surface area contributed by atoms with Crippen molar-refractivity contribution in [2.24, 2.45) is 0 Å². The van der Waals surface area contributed by atoms with Gasteiger partial charge in [-0.3, -0.25) is 97.1 Å². The molecule has 12 rings (SSSR count). The van der Waals surface area contributed by atoms with Crippen LogP contribution in [0.3, 0.4) is 0 Å². The van der Waals surface area contributed by atoms with Crippen molar-refractivity contribution < 1.29 is 57.5 Å². The summed E-state index contributed by atoms with van der Waals surface area (Å²) in [6.07, 6.45) is 21.0. The minimum atomic E-state index is -0.969. The molecule has 0 saturated carbocycles. The van der Waals surface area contributed by atoms with E-state index in [0.29, 0.717) is 133 Å². The van der Waals surface area contributed by atoms with Crippen LogP contribution in [0.1, 0.15) is 314 Å². The van der Waals surface area contributed by atoms with Gasteiger partial charge in [-0.05, 0) is 285 Å². The van der Waals surface area contributed by atoms with Crippen LogP contribution in [-0.2, 0) is 79.2 Å². The van der Waals surface area contributed by atoms with Crippen LogP contribution < -0.4 is 40.9 Å². The lowest BCUT2D eigenvalue weighted by Gasteiger charge is -2.37. The van der Waals surface area contributed by atoms with E-state index < -0.39 is 70.5 Å². The molecule has 8 heterocycles. The Morgan fingerprint density at radius 3 is 0.696 bits per heavy atom. The zero-order chi connectivity index (χ0) is 110. The summed E-state index contributed by atoms with van der Waals surface area (Å²) in [6.45, 7) is 68.4. The smallest absolute Gasteiger partial charge is 0.250 e. The van der Waals surface area contributed by atoms with Crippen molar-refractivity contribution in [2.75, 3.05) is 45.8 Å². The van der Waals surface area contributed by atoms with Gasteiger partial charge in [-0.15, -0.1) is 0 Å². The van der Waals surface area contributed by atoms with Gasteiger partial charge in [-0.25, -0.2) is 0 Å². The fourth-order valence-electron chi connectivity index (χ4n) is 18.4. The molecule has 148 heavy (non-hydrogen) atoms. The van der Waals surface area contributed by atoms with E-state index in [1.807, 2.05) is 193 Å². The molecule has 8 atom stereocenters. The fourth-order valence-corrected chi connectivity index (χ4v) is 18.4. The molecule has 4 aromatic carbocycles. The van der Waals surface area contributed by atoms with Gasteiger partial charge in [0.1, 0.15) is 48.3 Å². The second-order valence-corrected chi connectivity index (χ2v) is 47.1. The van der Waals surface area contributed by atoms with Crippen LogP contribution in [0.15, 0.2) is 244 Å². The van der Waals surface area contributed by atoms with E-state index in [0.717, 1.165) is 28.7 Å². The lowest BCUT2D eigenvalue weighted by molar-refractivity contribution is -0.135. The lowest BCUT2D eigenvalue weighted by Crippen LogP contribution is -2.54. The predicted octanol–water partition coefficient (Wildman–Crippen LogP) is 19.7. The molecular formula is C120H160N16O12. The topological polar surface area (TPSA) is 330 Å². The first kappa shape index (κ1) is 118. The maximum absolute atomic E-state index is 14.5. The molecule has 12 amide bonds. The zero-order valence-electron chi connectivity index (χ0n) is 92.6. The zero-order valence-corrected chi connectivity index (χ0v) is 92.6. The summed E-state index contributed by atoms with van der Waals surface area (Å²) in [7, 11) is 0. The average Bonchev–Trinajstić information content (AvgIpc) is 1.29. The largest absolute Gasteiger partial charge is 0.349 e. The third-order valence-corrected chi connectivity index (χ3v) is 25.9. The normalized spacial score (nSPS) is 16.9. The Kier molecular flexibility index (Phi) is 39.2. The van der Waals surface area contributed by atoms with E-state index in [1.165, 1.54) is 11.0 Å². The van der Waals surface area contributed by atoms with Crippen molar-refractivity contribution in [2.45, 2.75) is 337 Å².